The lowest BCUT2D eigenvalue weighted by Crippen LogP contribution is -1.87. The fourth-order valence-corrected chi connectivity index (χ4v) is 1.92. The van der Waals surface area contributed by atoms with Crippen molar-refractivity contribution >= 4 is 27.1 Å². The Balaban J connectivity index is 2.60. The van der Waals surface area contributed by atoms with Gasteiger partial charge in [0.25, 0.3) is 0 Å². The van der Waals surface area contributed by atoms with E-state index in [2.05, 4.69) is 34.3 Å². The zero-order valence-corrected chi connectivity index (χ0v) is 8.33. The van der Waals surface area contributed by atoms with Gasteiger partial charge in [0.15, 0.2) is 0 Å². The van der Waals surface area contributed by atoms with Crippen LogP contribution in [0.5, 0.6) is 0 Å². The standard InChI is InChI=1S/C7H9N3S2/c1-12(11)7-3-2-6-4-8-9-10(6)5-7/h2-5,11-12H,1H3. The van der Waals surface area contributed by atoms with Gasteiger partial charge in [-0.25, -0.2) is 4.52 Å². The van der Waals surface area contributed by atoms with Crippen LogP contribution in [0, 0.1) is 0 Å². The maximum Gasteiger partial charge on any atom is 0.0865 e. The van der Waals surface area contributed by atoms with Crippen LogP contribution in [0.3, 0.4) is 0 Å². The quantitative estimate of drug-likeness (QED) is 0.539. The largest absolute Gasteiger partial charge is 0.220 e. The first-order valence-electron chi connectivity index (χ1n) is 3.50. The van der Waals surface area contributed by atoms with E-state index in [0.717, 1.165) is 5.52 Å². The molecule has 0 saturated carbocycles. The van der Waals surface area contributed by atoms with Gasteiger partial charge < -0.3 is 0 Å². The lowest BCUT2D eigenvalue weighted by atomic mass is 10.4. The van der Waals surface area contributed by atoms with Crippen molar-refractivity contribution in [2.75, 3.05) is 6.26 Å². The van der Waals surface area contributed by atoms with Crippen molar-refractivity contribution in [3.8, 4) is 0 Å². The van der Waals surface area contributed by atoms with Crippen molar-refractivity contribution in [1.82, 2.24) is 14.8 Å². The van der Waals surface area contributed by atoms with Gasteiger partial charge in [-0.2, -0.15) is 9.93 Å². The second-order valence-corrected chi connectivity index (χ2v) is 5.88. The summed E-state index contributed by atoms with van der Waals surface area (Å²) in [5, 5.41) is 7.70. The Bertz CT molecular complexity index is 396. The lowest BCUT2D eigenvalue weighted by molar-refractivity contribution is 0.844. The van der Waals surface area contributed by atoms with Crippen LogP contribution in [0.25, 0.3) is 5.52 Å². The van der Waals surface area contributed by atoms with E-state index >= 15 is 0 Å². The highest BCUT2D eigenvalue weighted by atomic mass is 33.1. The highest BCUT2D eigenvalue weighted by molar-refractivity contribution is 8.77. The molecule has 2 aromatic heterocycles. The van der Waals surface area contributed by atoms with Crippen molar-refractivity contribution in [2.45, 2.75) is 4.90 Å². The normalized spacial score (nSPS) is 15.0. The Morgan fingerprint density at radius 2 is 2.33 bits per heavy atom. The van der Waals surface area contributed by atoms with E-state index in [1.165, 1.54) is 4.90 Å². The number of fused-ring (bicyclic) bond motifs is 1. The summed E-state index contributed by atoms with van der Waals surface area (Å²) in [5.74, 6) is 0. The Hall–Kier alpha value is -0.680. The van der Waals surface area contributed by atoms with E-state index in [4.69, 9.17) is 0 Å². The molecular weight excluding hydrogens is 190 g/mol. The van der Waals surface area contributed by atoms with Crippen LogP contribution in [0.1, 0.15) is 0 Å². The summed E-state index contributed by atoms with van der Waals surface area (Å²) < 4.78 is 1.77. The molecule has 0 spiro atoms. The summed E-state index contributed by atoms with van der Waals surface area (Å²) >= 11 is 4.40. The zero-order valence-electron chi connectivity index (χ0n) is 6.55. The number of pyridine rings is 1. The first-order valence-corrected chi connectivity index (χ1v) is 6.44. The lowest BCUT2D eigenvalue weighted by Gasteiger charge is -2.07. The highest BCUT2D eigenvalue weighted by Gasteiger charge is 1.98. The fourth-order valence-electron chi connectivity index (χ4n) is 1.00. The Morgan fingerprint density at radius 1 is 1.50 bits per heavy atom. The molecule has 0 radical (unpaired) electrons. The average molecular weight is 199 g/mol. The van der Waals surface area contributed by atoms with Gasteiger partial charge >= 0.3 is 0 Å². The molecule has 12 heavy (non-hydrogen) atoms. The van der Waals surface area contributed by atoms with E-state index in [0.29, 0.717) is 0 Å². The molecule has 0 aliphatic carbocycles. The van der Waals surface area contributed by atoms with Crippen molar-refractivity contribution in [1.29, 1.82) is 0 Å². The molecule has 0 bridgehead atoms. The fraction of sp³-hybridized carbons (Fsp3) is 0.143. The third kappa shape index (κ3) is 1.30. The molecule has 0 aliphatic rings. The Morgan fingerprint density at radius 3 is 3.08 bits per heavy atom. The van der Waals surface area contributed by atoms with Crippen LogP contribution < -0.4 is 0 Å². The van der Waals surface area contributed by atoms with Crippen molar-refractivity contribution in [2.24, 2.45) is 0 Å². The van der Waals surface area contributed by atoms with E-state index in [-0.39, 0.29) is 9.93 Å². The second kappa shape index (κ2) is 2.99. The molecule has 2 aromatic rings. The maximum atomic E-state index is 4.40. The van der Waals surface area contributed by atoms with Gasteiger partial charge in [0.05, 0.1) is 11.7 Å². The summed E-state index contributed by atoms with van der Waals surface area (Å²) in [4.78, 5) is 1.21. The number of rotatable bonds is 1. The first kappa shape index (κ1) is 7.94. The minimum Gasteiger partial charge on any atom is -0.220 e. The molecular formula is C7H9N3S2. The molecule has 0 fully saturated rings. The molecule has 64 valence electrons. The SMILES string of the molecule is C[SH](S)c1ccc2cnnn2c1. The van der Waals surface area contributed by atoms with Crippen LogP contribution in [0.15, 0.2) is 29.4 Å². The molecule has 2 heterocycles. The van der Waals surface area contributed by atoms with E-state index in [9.17, 15) is 0 Å². The summed E-state index contributed by atoms with van der Waals surface area (Å²) in [6.07, 6.45) is 5.80. The first-order chi connectivity index (χ1) is 5.77. The van der Waals surface area contributed by atoms with Gasteiger partial charge in [0.1, 0.15) is 0 Å². The molecule has 0 amide bonds. The molecule has 1 atom stereocenters. The molecule has 1 unspecified atom stereocenters. The Labute approximate surface area is 77.9 Å². The number of nitrogens with zero attached hydrogens (tertiary/aromatic N) is 3. The number of thiol groups is 2. The molecule has 5 heteroatoms. The van der Waals surface area contributed by atoms with E-state index in [1.807, 2.05) is 12.3 Å². The van der Waals surface area contributed by atoms with Crippen LogP contribution in [0.2, 0.25) is 0 Å². The van der Waals surface area contributed by atoms with E-state index < -0.39 is 0 Å². The second-order valence-electron chi connectivity index (χ2n) is 2.51. The topological polar surface area (TPSA) is 30.2 Å². The van der Waals surface area contributed by atoms with E-state index in [1.54, 1.807) is 10.7 Å². The van der Waals surface area contributed by atoms with Crippen molar-refractivity contribution in [3.63, 3.8) is 0 Å². The predicted molar refractivity (Wildman–Crippen MR) is 55.1 cm³/mol. The summed E-state index contributed by atoms with van der Waals surface area (Å²) in [7, 11) is -0.344. The zero-order chi connectivity index (χ0) is 8.55. The third-order valence-corrected chi connectivity index (χ3v) is 3.36. The maximum absolute atomic E-state index is 4.40. The minimum absolute atomic E-state index is 0.344. The third-order valence-electron chi connectivity index (χ3n) is 1.66. The monoisotopic (exact) mass is 199 g/mol. The molecule has 0 aliphatic heterocycles. The average Bonchev–Trinajstić information content (AvgIpc) is 2.49. The van der Waals surface area contributed by atoms with Crippen molar-refractivity contribution < 1.29 is 0 Å². The summed E-state index contributed by atoms with van der Waals surface area (Å²) in [5.41, 5.74) is 1.02. The number of aromatic nitrogens is 3. The van der Waals surface area contributed by atoms with Gasteiger partial charge in [-0.3, -0.25) is 0 Å². The molecule has 2 rings (SSSR count). The Kier molecular flexibility index (Phi) is 1.98. The van der Waals surface area contributed by atoms with Crippen molar-refractivity contribution in [3.05, 3.63) is 24.5 Å². The number of hydrogen-bond acceptors (Lipinski definition) is 3. The number of hydrogen-bond donors (Lipinski definition) is 2. The highest BCUT2D eigenvalue weighted by Crippen LogP contribution is 2.35. The molecule has 0 saturated heterocycles. The molecule has 3 nitrogen and oxygen atoms in total. The van der Waals surface area contributed by atoms with Crippen LogP contribution in [-0.2, 0) is 0 Å². The molecule has 0 aromatic carbocycles. The predicted octanol–water partition coefficient (Wildman–Crippen LogP) is 1.56. The summed E-state index contributed by atoms with van der Waals surface area (Å²) in [6, 6.07) is 4.07. The summed E-state index contributed by atoms with van der Waals surface area (Å²) in [6.45, 7) is 0. The van der Waals surface area contributed by atoms with Gasteiger partial charge in [-0.15, -0.1) is 16.8 Å². The van der Waals surface area contributed by atoms with Gasteiger partial charge in [-0.1, -0.05) is 5.21 Å². The van der Waals surface area contributed by atoms with Crippen LogP contribution in [0.4, 0.5) is 0 Å². The minimum atomic E-state index is -0.344. The molecule has 0 N–H and O–H groups in total. The van der Waals surface area contributed by atoms with Gasteiger partial charge in [-0.05, 0) is 18.4 Å². The van der Waals surface area contributed by atoms with Crippen LogP contribution in [-0.4, -0.2) is 21.1 Å². The van der Waals surface area contributed by atoms with Gasteiger partial charge in [0.2, 0.25) is 0 Å². The smallest absolute Gasteiger partial charge is 0.0865 e. The van der Waals surface area contributed by atoms with Crippen LogP contribution >= 0.6 is 21.6 Å². The van der Waals surface area contributed by atoms with Gasteiger partial charge in [0, 0.05) is 11.1 Å².